The molecule has 0 radical (unpaired) electrons. The Bertz CT molecular complexity index is 957. The van der Waals surface area contributed by atoms with Crippen LogP contribution >= 0.6 is 22.6 Å². The number of hydrogen-bond donors (Lipinski definition) is 0. The normalized spacial score (nSPS) is 10.8. The number of halogens is 1. The predicted octanol–water partition coefficient (Wildman–Crippen LogP) is 6.78. The van der Waals surface area contributed by atoms with Crippen molar-refractivity contribution in [2.45, 2.75) is 0 Å². The third kappa shape index (κ3) is 2.66. The average molecular weight is 406 g/mol. The minimum Gasteiger partial charge on any atom is -0.0622 e. The van der Waals surface area contributed by atoms with Crippen molar-refractivity contribution in [2.24, 2.45) is 0 Å². The Balaban J connectivity index is 2.06. The summed E-state index contributed by atoms with van der Waals surface area (Å²) >= 11 is 2.45. The van der Waals surface area contributed by atoms with Gasteiger partial charge in [-0.2, -0.15) is 0 Å². The Labute approximate surface area is 149 Å². The maximum atomic E-state index is 2.45. The number of fused-ring (bicyclic) bond motifs is 1. The van der Waals surface area contributed by atoms with Crippen LogP contribution in [0.25, 0.3) is 33.0 Å². The van der Waals surface area contributed by atoms with Crippen molar-refractivity contribution < 1.29 is 0 Å². The summed E-state index contributed by atoms with van der Waals surface area (Å²) in [4.78, 5) is 0. The molecule has 1 heteroatoms. The van der Waals surface area contributed by atoms with E-state index in [0.29, 0.717) is 0 Å². The van der Waals surface area contributed by atoms with Crippen molar-refractivity contribution in [1.29, 1.82) is 0 Å². The first-order valence-electron chi connectivity index (χ1n) is 7.67. The molecule has 0 fully saturated rings. The molecule has 4 rings (SSSR count). The van der Waals surface area contributed by atoms with Gasteiger partial charge >= 0.3 is 0 Å². The van der Waals surface area contributed by atoms with Crippen molar-refractivity contribution in [2.75, 3.05) is 0 Å². The summed E-state index contributed by atoms with van der Waals surface area (Å²) in [6, 6.07) is 32.3. The zero-order chi connectivity index (χ0) is 15.6. The van der Waals surface area contributed by atoms with Crippen LogP contribution in [0.5, 0.6) is 0 Å². The molecule has 0 aliphatic heterocycles. The van der Waals surface area contributed by atoms with Crippen LogP contribution < -0.4 is 0 Å². The van der Waals surface area contributed by atoms with Crippen molar-refractivity contribution in [3.05, 3.63) is 94.6 Å². The van der Waals surface area contributed by atoms with Crippen LogP contribution in [-0.4, -0.2) is 0 Å². The van der Waals surface area contributed by atoms with E-state index >= 15 is 0 Å². The number of rotatable bonds is 2. The van der Waals surface area contributed by atoms with E-state index in [0.717, 1.165) is 0 Å². The van der Waals surface area contributed by atoms with Gasteiger partial charge in [0.25, 0.3) is 0 Å². The smallest absolute Gasteiger partial charge is 0.0215 e. The van der Waals surface area contributed by atoms with E-state index in [4.69, 9.17) is 0 Å². The summed E-state index contributed by atoms with van der Waals surface area (Å²) < 4.78 is 1.29. The van der Waals surface area contributed by atoms with Crippen molar-refractivity contribution in [3.63, 3.8) is 0 Å². The first-order valence-corrected chi connectivity index (χ1v) is 8.74. The van der Waals surface area contributed by atoms with Gasteiger partial charge in [-0.05, 0) is 56.3 Å². The molecule has 0 aromatic heterocycles. The Morgan fingerprint density at radius 1 is 0.478 bits per heavy atom. The summed E-state index contributed by atoms with van der Waals surface area (Å²) in [6.45, 7) is 0. The van der Waals surface area contributed by atoms with E-state index in [9.17, 15) is 0 Å². The molecule has 0 bridgehead atoms. The molecule has 0 aliphatic rings. The Morgan fingerprint density at radius 3 is 1.70 bits per heavy atom. The SMILES string of the molecule is Ic1cccc2c(-c3ccccc3)ccc(-c3ccccc3)c12. The quantitative estimate of drug-likeness (QED) is 0.322. The molecule has 0 atom stereocenters. The molecule has 0 spiro atoms. The first-order chi connectivity index (χ1) is 11.3. The fourth-order valence-electron chi connectivity index (χ4n) is 3.09. The summed E-state index contributed by atoms with van der Waals surface area (Å²) in [7, 11) is 0. The molecule has 0 saturated heterocycles. The first kappa shape index (κ1) is 14.5. The van der Waals surface area contributed by atoms with Crippen LogP contribution in [0.1, 0.15) is 0 Å². The largest absolute Gasteiger partial charge is 0.0622 e. The highest BCUT2D eigenvalue weighted by atomic mass is 127. The van der Waals surface area contributed by atoms with Crippen molar-refractivity contribution in [3.8, 4) is 22.3 Å². The highest BCUT2D eigenvalue weighted by molar-refractivity contribution is 14.1. The third-order valence-electron chi connectivity index (χ3n) is 4.16. The molecule has 0 unspecified atom stereocenters. The van der Waals surface area contributed by atoms with E-state index in [2.05, 4.69) is 114 Å². The summed E-state index contributed by atoms with van der Waals surface area (Å²) in [5.41, 5.74) is 5.12. The standard InChI is InChI=1S/C22H15I/c23-21-13-7-12-20-18(16-8-3-1-4-9-16)14-15-19(22(20)21)17-10-5-2-6-11-17/h1-15H. The lowest BCUT2D eigenvalue weighted by molar-refractivity contribution is 1.61. The molecule has 110 valence electrons. The molecular formula is C22H15I. The second-order valence-corrected chi connectivity index (χ2v) is 6.72. The molecule has 0 aliphatic carbocycles. The Morgan fingerprint density at radius 2 is 1.04 bits per heavy atom. The number of benzene rings is 4. The fraction of sp³-hybridized carbons (Fsp3) is 0. The van der Waals surface area contributed by atoms with Gasteiger partial charge < -0.3 is 0 Å². The van der Waals surface area contributed by atoms with Gasteiger partial charge in [0.05, 0.1) is 0 Å². The molecule has 4 aromatic rings. The summed E-state index contributed by atoms with van der Waals surface area (Å²) in [5.74, 6) is 0. The topological polar surface area (TPSA) is 0 Å². The molecule has 0 heterocycles. The van der Waals surface area contributed by atoms with Crippen LogP contribution in [0, 0.1) is 3.57 Å². The van der Waals surface area contributed by atoms with Gasteiger partial charge in [0.2, 0.25) is 0 Å². The van der Waals surface area contributed by atoms with Crippen LogP contribution in [0.15, 0.2) is 91.0 Å². The molecule has 23 heavy (non-hydrogen) atoms. The Kier molecular flexibility index (Phi) is 3.88. The van der Waals surface area contributed by atoms with E-state index in [1.165, 1.54) is 36.6 Å². The van der Waals surface area contributed by atoms with Crippen LogP contribution in [-0.2, 0) is 0 Å². The van der Waals surface area contributed by atoms with Crippen LogP contribution in [0.4, 0.5) is 0 Å². The van der Waals surface area contributed by atoms with Crippen molar-refractivity contribution in [1.82, 2.24) is 0 Å². The highest BCUT2D eigenvalue weighted by Crippen LogP contribution is 2.37. The molecule has 0 saturated carbocycles. The summed E-state index contributed by atoms with van der Waals surface area (Å²) in [6.07, 6.45) is 0. The second kappa shape index (κ2) is 6.17. The fourth-order valence-corrected chi connectivity index (χ4v) is 3.88. The highest BCUT2D eigenvalue weighted by Gasteiger charge is 2.11. The van der Waals surface area contributed by atoms with E-state index in [1.807, 2.05) is 0 Å². The monoisotopic (exact) mass is 406 g/mol. The molecular weight excluding hydrogens is 391 g/mol. The maximum Gasteiger partial charge on any atom is 0.0215 e. The van der Waals surface area contributed by atoms with Crippen LogP contribution in [0.3, 0.4) is 0 Å². The lowest BCUT2D eigenvalue weighted by Gasteiger charge is -2.13. The average Bonchev–Trinajstić information content (AvgIpc) is 2.63. The zero-order valence-electron chi connectivity index (χ0n) is 12.5. The molecule has 0 N–H and O–H groups in total. The van der Waals surface area contributed by atoms with Gasteiger partial charge in [0.15, 0.2) is 0 Å². The summed E-state index contributed by atoms with van der Waals surface area (Å²) in [5, 5.41) is 2.64. The van der Waals surface area contributed by atoms with Gasteiger partial charge in [0.1, 0.15) is 0 Å². The van der Waals surface area contributed by atoms with Gasteiger partial charge in [0, 0.05) is 8.96 Å². The maximum absolute atomic E-state index is 2.45. The minimum atomic E-state index is 1.26. The second-order valence-electron chi connectivity index (χ2n) is 5.56. The van der Waals surface area contributed by atoms with Crippen molar-refractivity contribution >= 4 is 33.4 Å². The lowest BCUT2D eigenvalue weighted by atomic mass is 9.92. The van der Waals surface area contributed by atoms with Gasteiger partial charge in [-0.3, -0.25) is 0 Å². The third-order valence-corrected chi connectivity index (χ3v) is 5.06. The minimum absolute atomic E-state index is 1.26. The van der Waals surface area contributed by atoms with Gasteiger partial charge in [-0.15, -0.1) is 0 Å². The zero-order valence-corrected chi connectivity index (χ0v) is 14.7. The van der Waals surface area contributed by atoms with E-state index < -0.39 is 0 Å². The molecule has 0 amide bonds. The number of hydrogen-bond acceptors (Lipinski definition) is 0. The lowest BCUT2D eigenvalue weighted by Crippen LogP contribution is -1.88. The van der Waals surface area contributed by atoms with Gasteiger partial charge in [-0.1, -0.05) is 84.9 Å². The van der Waals surface area contributed by atoms with E-state index in [1.54, 1.807) is 0 Å². The van der Waals surface area contributed by atoms with E-state index in [-0.39, 0.29) is 0 Å². The Hall–Kier alpha value is -2.13. The van der Waals surface area contributed by atoms with Gasteiger partial charge in [-0.25, -0.2) is 0 Å². The predicted molar refractivity (Wildman–Crippen MR) is 108 cm³/mol. The molecule has 4 aromatic carbocycles. The molecule has 0 nitrogen and oxygen atoms in total. The van der Waals surface area contributed by atoms with Crippen LogP contribution in [0.2, 0.25) is 0 Å².